The molecule has 24 heavy (non-hydrogen) atoms. The van der Waals surface area contributed by atoms with Gasteiger partial charge in [-0.1, -0.05) is 36.0 Å². The summed E-state index contributed by atoms with van der Waals surface area (Å²) < 4.78 is 0. The fourth-order valence-corrected chi connectivity index (χ4v) is 3.52. The number of amides is 1. The summed E-state index contributed by atoms with van der Waals surface area (Å²) in [5, 5.41) is 14.6. The van der Waals surface area contributed by atoms with E-state index in [-0.39, 0.29) is 11.7 Å². The van der Waals surface area contributed by atoms with Crippen molar-refractivity contribution in [1.29, 1.82) is 5.26 Å². The van der Waals surface area contributed by atoms with Crippen LogP contribution in [-0.4, -0.2) is 16.6 Å². The fraction of sp³-hybridized carbons (Fsp3) is 0.0556. The van der Waals surface area contributed by atoms with E-state index in [1.54, 1.807) is 17.4 Å². The number of anilines is 1. The second-order valence-corrected chi connectivity index (χ2v) is 6.75. The van der Waals surface area contributed by atoms with Crippen molar-refractivity contribution in [3.05, 3.63) is 65.5 Å². The van der Waals surface area contributed by atoms with Gasteiger partial charge >= 0.3 is 0 Å². The first kappa shape index (κ1) is 16.2. The van der Waals surface area contributed by atoms with Crippen LogP contribution in [0.4, 0.5) is 5.69 Å². The van der Waals surface area contributed by atoms with E-state index in [0.29, 0.717) is 10.6 Å². The van der Waals surface area contributed by atoms with Gasteiger partial charge in [0.2, 0.25) is 5.91 Å². The van der Waals surface area contributed by atoms with Gasteiger partial charge in [0.1, 0.15) is 11.1 Å². The largest absolute Gasteiger partial charge is 0.325 e. The van der Waals surface area contributed by atoms with Crippen molar-refractivity contribution in [3.63, 3.8) is 0 Å². The maximum Gasteiger partial charge on any atom is 0.234 e. The lowest BCUT2D eigenvalue weighted by Crippen LogP contribution is -2.14. The molecule has 3 rings (SSSR count). The molecule has 1 aromatic carbocycles. The SMILES string of the molecule is N#Cc1ccc(-c2cccs2)nc1SCC(=O)Nc1ccccc1. The first-order valence-electron chi connectivity index (χ1n) is 7.19. The molecular formula is C18H13N3OS2. The van der Waals surface area contributed by atoms with Crippen LogP contribution in [0.5, 0.6) is 0 Å². The van der Waals surface area contributed by atoms with Crippen LogP contribution in [-0.2, 0) is 4.79 Å². The Labute approximate surface area is 148 Å². The van der Waals surface area contributed by atoms with Gasteiger partial charge in [0, 0.05) is 5.69 Å². The van der Waals surface area contributed by atoms with Crippen molar-refractivity contribution in [3.8, 4) is 16.6 Å². The number of hydrogen-bond acceptors (Lipinski definition) is 5. The lowest BCUT2D eigenvalue weighted by molar-refractivity contribution is -0.113. The van der Waals surface area contributed by atoms with Gasteiger partial charge in [0.25, 0.3) is 0 Å². The lowest BCUT2D eigenvalue weighted by Gasteiger charge is -2.07. The molecule has 0 aliphatic rings. The summed E-state index contributed by atoms with van der Waals surface area (Å²) in [7, 11) is 0. The minimum absolute atomic E-state index is 0.126. The van der Waals surface area contributed by atoms with E-state index in [0.717, 1.165) is 16.3 Å². The summed E-state index contributed by atoms with van der Waals surface area (Å²) in [6, 6.07) is 18.9. The highest BCUT2D eigenvalue weighted by Crippen LogP contribution is 2.27. The number of hydrogen-bond donors (Lipinski definition) is 1. The van der Waals surface area contributed by atoms with Crippen LogP contribution in [0.25, 0.3) is 10.6 Å². The first-order valence-corrected chi connectivity index (χ1v) is 9.05. The number of nitrogens with one attached hydrogen (secondary N) is 1. The summed E-state index contributed by atoms with van der Waals surface area (Å²) in [4.78, 5) is 17.6. The second kappa shape index (κ2) is 7.77. The number of thioether (sulfide) groups is 1. The van der Waals surface area contributed by atoms with Crippen molar-refractivity contribution in [2.75, 3.05) is 11.1 Å². The van der Waals surface area contributed by atoms with E-state index in [1.165, 1.54) is 11.8 Å². The maximum atomic E-state index is 12.1. The summed E-state index contributed by atoms with van der Waals surface area (Å²) in [6.45, 7) is 0. The predicted molar refractivity (Wildman–Crippen MR) is 98.1 cm³/mol. The normalized spacial score (nSPS) is 10.1. The molecule has 3 aromatic rings. The van der Waals surface area contributed by atoms with Gasteiger partial charge in [-0.05, 0) is 35.7 Å². The van der Waals surface area contributed by atoms with E-state index in [4.69, 9.17) is 0 Å². The van der Waals surface area contributed by atoms with Crippen LogP contribution in [0.3, 0.4) is 0 Å². The fourth-order valence-electron chi connectivity index (χ4n) is 2.05. The molecule has 0 unspecified atom stereocenters. The molecule has 2 heterocycles. The second-order valence-electron chi connectivity index (χ2n) is 4.84. The summed E-state index contributed by atoms with van der Waals surface area (Å²) in [5.74, 6) is 0.0724. The monoisotopic (exact) mass is 351 g/mol. The van der Waals surface area contributed by atoms with Crippen molar-refractivity contribution >= 4 is 34.7 Å². The summed E-state index contributed by atoms with van der Waals surface area (Å²) >= 11 is 2.86. The van der Waals surface area contributed by atoms with Crippen molar-refractivity contribution in [2.45, 2.75) is 5.03 Å². The standard InChI is InChI=1S/C18H13N3OS2/c19-11-13-8-9-15(16-7-4-10-23-16)21-18(13)24-12-17(22)20-14-5-2-1-3-6-14/h1-10H,12H2,(H,20,22). The van der Waals surface area contributed by atoms with Crippen molar-refractivity contribution in [1.82, 2.24) is 4.98 Å². The first-order chi connectivity index (χ1) is 11.8. The average molecular weight is 351 g/mol. The Hall–Kier alpha value is -2.62. The lowest BCUT2D eigenvalue weighted by atomic mass is 10.2. The van der Waals surface area contributed by atoms with Crippen LogP contribution in [0.15, 0.2) is 65.0 Å². The number of rotatable bonds is 5. The molecule has 0 saturated carbocycles. The van der Waals surface area contributed by atoms with Crippen LogP contribution in [0.2, 0.25) is 0 Å². The highest BCUT2D eigenvalue weighted by molar-refractivity contribution is 8.00. The summed E-state index contributed by atoms with van der Waals surface area (Å²) in [6.07, 6.45) is 0. The molecule has 0 saturated heterocycles. The number of nitrogens with zero attached hydrogens (tertiary/aromatic N) is 2. The molecule has 0 fully saturated rings. The van der Waals surface area contributed by atoms with Gasteiger partial charge in [-0.2, -0.15) is 5.26 Å². The zero-order chi connectivity index (χ0) is 16.8. The molecule has 2 aromatic heterocycles. The number of aromatic nitrogens is 1. The van der Waals surface area contributed by atoms with Gasteiger partial charge in [-0.25, -0.2) is 4.98 Å². The number of nitriles is 1. The third kappa shape index (κ3) is 4.02. The molecule has 6 heteroatoms. The molecule has 1 N–H and O–H groups in total. The summed E-state index contributed by atoms with van der Waals surface area (Å²) in [5.41, 5.74) is 2.05. The molecule has 0 spiro atoms. The van der Waals surface area contributed by atoms with Gasteiger partial charge in [0.15, 0.2) is 0 Å². The zero-order valence-corrected chi connectivity index (χ0v) is 14.2. The van der Waals surface area contributed by atoms with Gasteiger partial charge in [-0.15, -0.1) is 11.3 Å². The Balaban J connectivity index is 1.71. The Kier molecular flexibility index (Phi) is 5.26. The van der Waals surface area contributed by atoms with Gasteiger partial charge in [-0.3, -0.25) is 4.79 Å². The smallest absolute Gasteiger partial charge is 0.234 e. The van der Waals surface area contributed by atoms with E-state index in [9.17, 15) is 10.1 Å². The van der Waals surface area contributed by atoms with Gasteiger partial charge < -0.3 is 5.32 Å². The van der Waals surface area contributed by atoms with Crippen LogP contribution < -0.4 is 5.32 Å². The molecule has 0 radical (unpaired) electrons. The minimum atomic E-state index is -0.126. The maximum absolute atomic E-state index is 12.1. The Morgan fingerprint density at radius 3 is 2.71 bits per heavy atom. The highest BCUT2D eigenvalue weighted by Gasteiger charge is 2.11. The Morgan fingerprint density at radius 2 is 2.00 bits per heavy atom. The number of para-hydroxylation sites is 1. The Bertz CT molecular complexity index is 871. The highest BCUT2D eigenvalue weighted by atomic mass is 32.2. The van der Waals surface area contributed by atoms with Crippen molar-refractivity contribution < 1.29 is 4.79 Å². The van der Waals surface area contributed by atoms with Gasteiger partial charge in [0.05, 0.1) is 21.9 Å². The number of benzene rings is 1. The molecule has 0 aliphatic heterocycles. The third-order valence-electron chi connectivity index (χ3n) is 3.15. The van der Waals surface area contributed by atoms with Crippen LogP contribution in [0, 0.1) is 11.3 Å². The Morgan fingerprint density at radius 1 is 1.17 bits per heavy atom. The van der Waals surface area contributed by atoms with Crippen LogP contribution in [0.1, 0.15) is 5.56 Å². The average Bonchev–Trinajstić information content (AvgIpc) is 3.15. The number of pyridine rings is 1. The third-order valence-corrected chi connectivity index (χ3v) is 5.04. The molecule has 1 amide bonds. The quantitative estimate of drug-likeness (QED) is 0.691. The number of thiophene rings is 1. The van der Waals surface area contributed by atoms with E-state index in [2.05, 4.69) is 16.4 Å². The molecule has 0 atom stereocenters. The van der Waals surface area contributed by atoms with E-state index < -0.39 is 0 Å². The molecule has 4 nitrogen and oxygen atoms in total. The van der Waals surface area contributed by atoms with Crippen molar-refractivity contribution in [2.24, 2.45) is 0 Å². The van der Waals surface area contributed by atoms with Crippen LogP contribution >= 0.6 is 23.1 Å². The number of carbonyl (C=O) groups excluding carboxylic acids is 1. The minimum Gasteiger partial charge on any atom is -0.325 e. The van der Waals surface area contributed by atoms with E-state index >= 15 is 0 Å². The molecule has 0 bridgehead atoms. The number of carbonyl (C=O) groups is 1. The molecular weight excluding hydrogens is 338 g/mol. The molecule has 0 aliphatic carbocycles. The zero-order valence-electron chi connectivity index (χ0n) is 12.6. The molecule has 118 valence electrons. The van der Waals surface area contributed by atoms with E-state index in [1.807, 2.05) is 53.9 Å². The predicted octanol–water partition coefficient (Wildman–Crippen LogP) is 4.41. The topological polar surface area (TPSA) is 65.8 Å².